The van der Waals surface area contributed by atoms with Crippen molar-refractivity contribution < 1.29 is 19.4 Å². The summed E-state index contributed by atoms with van der Waals surface area (Å²) < 4.78 is 5.28. The lowest BCUT2D eigenvalue weighted by atomic mass is 9.81. The van der Waals surface area contributed by atoms with Crippen molar-refractivity contribution in [1.82, 2.24) is 9.88 Å². The molecule has 2 atom stereocenters. The van der Waals surface area contributed by atoms with Gasteiger partial charge in [-0.05, 0) is 25.0 Å². The monoisotopic (exact) mass is 331 g/mol. The molecular weight excluding hydrogens is 310 g/mol. The molecule has 0 saturated carbocycles. The molecule has 1 aromatic heterocycles. The van der Waals surface area contributed by atoms with Crippen LogP contribution < -0.4 is 5.32 Å². The molecule has 7 nitrogen and oxygen atoms in total. The minimum atomic E-state index is -0.466. The first-order valence-corrected chi connectivity index (χ1v) is 8.13. The molecule has 0 spiro atoms. The number of morpholine rings is 1. The number of rotatable bonds is 3. The molecule has 1 fully saturated rings. The lowest BCUT2D eigenvalue weighted by Gasteiger charge is -2.34. The molecule has 1 saturated heterocycles. The van der Waals surface area contributed by atoms with E-state index >= 15 is 0 Å². The molecule has 2 amide bonds. The molecule has 0 aromatic carbocycles. The van der Waals surface area contributed by atoms with Crippen molar-refractivity contribution in [1.29, 1.82) is 0 Å². The number of allylic oxidation sites excluding steroid dienone is 2. The van der Waals surface area contributed by atoms with Crippen LogP contribution in [-0.2, 0) is 14.3 Å². The van der Waals surface area contributed by atoms with Crippen LogP contribution >= 0.6 is 0 Å². The number of hydrogen-bond donors (Lipinski definition) is 2. The van der Waals surface area contributed by atoms with Crippen molar-refractivity contribution in [2.75, 3.05) is 31.6 Å². The molecule has 7 heteroatoms. The normalized spacial score (nSPS) is 23.8. The minimum Gasteiger partial charge on any atom is -0.504 e. The molecule has 1 aliphatic carbocycles. The summed E-state index contributed by atoms with van der Waals surface area (Å²) in [5.74, 6) is -1.12. The van der Waals surface area contributed by atoms with Crippen LogP contribution in [0.3, 0.4) is 0 Å². The summed E-state index contributed by atoms with van der Waals surface area (Å²) in [7, 11) is 0. The van der Waals surface area contributed by atoms with Gasteiger partial charge in [0.05, 0.1) is 25.0 Å². The van der Waals surface area contributed by atoms with Crippen molar-refractivity contribution in [3.63, 3.8) is 0 Å². The predicted molar refractivity (Wildman–Crippen MR) is 87.3 cm³/mol. The maximum atomic E-state index is 12.8. The van der Waals surface area contributed by atoms with Crippen LogP contribution in [-0.4, -0.2) is 53.1 Å². The number of anilines is 1. The van der Waals surface area contributed by atoms with E-state index in [0.717, 1.165) is 0 Å². The summed E-state index contributed by atoms with van der Waals surface area (Å²) in [6, 6.07) is 3.04. The highest BCUT2D eigenvalue weighted by Crippen LogP contribution is 2.30. The molecule has 2 heterocycles. The van der Waals surface area contributed by atoms with Gasteiger partial charge in [-0.3, -0.25) is 9.59 Å². The van der Waals surface area contributed by atoms with E-state index in [-0.39, 0.29) is 29.3 Å². The molecular formula is C17H21N3O4. The minimum absolute atomic E-state index is 0.00644. The van der Waals surface area contributed by atoms with Crippen molar-refractivity contribution in [2.24, 2.45) is 11.8 Å². The van der Waals surface area contributed by atoms with E-state index in [2.05, 4.69) is 10.3 Å². The van der Waals surface area contributed by atoms with E-state index in [1.54, 1.807) is 11.0 Å². The van der Waals surface area contributed by atoms with Crippen molar-refractivity contribution >= 4 is 17.6 Å². The van der Waals surface area contributed by atoms with Crippen LogP contribution in [0.2, 0.25) is 0 Å². The van der Waals surface area contributed by atoms with Gasteiger partial charge in [0.15, 0.2) is 11.6 Å². The van der Waals surface area contributed by atoms with Crippen LogP contribution in [0, 0.1) is 11.8 Å². The van der Waals surface area contributed by atoms with Gasteiger partial charge in [0, 0.05) is 19.3 Å². The summed E-state index contributed by atoms with van der Waals surface area (Å²) in [6.45, 7) is 2.20. The van der Waals surface area contributed by atoms with Crippen LogP contribution in [0.4, 0.5) is 5.82 Å². The predicted octanol–water partition coefficient (Wildman–Crippen LogP) is 1.17. The SMILES string of the molecule is O=C(Nc1ncccc1O)[C@@H]1CC=CC[C@@H]1C(=O)N1CCOCC1. The summed E-state index contributed by atoms with van der Waals surface area (Å²) in [6.07, 6.45) is 6.41. The maximum Gasteiger partial charge on any atom is 0.229 e. The molecule has 2 aliphatic rings. The number of nitrogens with one attached hydrogen (secondary N) is 1. The Morgan fingerprint density at radius 1 is 1.21 bits per heavy atom. The third kappa shape index (κ3) is 3.56. The first-order valence-electron chi connectivity index (χ1n) is 8.13. The zero-order valence-corrected chi connectivity index (χ0v) is 13.4. The fraction of sp³-hybridized carbons (Fsp3) is 0.471. The van der Waals surface area contributed by atoms with Gasteiger partial charge < -0.3 is 20.1 Å². The van der Waals surface area contributed by atoms with Gasteiger partial charge in [-0.2, -0.15) is 0 Å². The molecule has 1 aromatic rings. The number of amides is 2. The highest BCUT2D eigenvalue weighted by atomic mass is 16.5. The largest absolute Gasteiger partial charge is 0.504 e. The summed E-state index contributed by atoms with van der Waals surface area (Å²) >= 11 is 0. The number of ether oxygens (including phenoxy) is 1. The zero-order valence-electron chi connectivity index (χ0n) is 13.4. The molecule has 0 bridgehead atoms. The average molecular weight is 331 g/mol. The van der Waals surface area contributed by atoms with Crippen LogP contribution in [0.25, 0.3) is 0 Å². The third-order valence-electron chi connectivity index (χ3n) is 4.44. The number of nitrogens with zero attached hydrogens (tertiary/aromatic N) is 2. The summed E-state index contributed by atoms with van der Waals surface area (Å²) in [5, 5.41) is 12.4. The van der Waals surface area contributed by atoms with Gasteiger partial charge in [-0.25, -0.2) is 4.98 Å². The van der Waals surface area contributed by atoms with E-state index in [0.29, 0.717) is 39.1 Å². The number of carbonyl (C=O) groups is 2. The number of aromatic nitrogens is 1. The highest BCUT2D eigenvalue weighted by Gasteiger charge is 2.37. The lowest BCUT2D eigenvalue weighted by Crippen LogP contribution is -2.47. The van der Waals surface area contributed by atoms with Gasteiger partial charge >= 0.3 is 0 Å². The quantitative estimate of drug-likeness (QED) is 0.811. The number of hydrogen-bond acceptors (Lipinski definition) is 5. The molecule has 1 aliphatic heterocycles. The molecule has 24 heavy (non-hydrogen) atoms. The van der Waals surface area contributed by atoms with E-state index in [1.807, 2.05) is 12.2 Å². The third-order valence-corrected chi connectivity index (χ3v) is 4.44. The Hall–Kier alpha value is -2.41. The van der Waals surface area contributed by atoms with E-state index < -0.39 is 5.92 Å². The molecule has 0 unspecified atom stereocenters. The first-order chi connectivity index (χ1) is 11.7. The second kappa shape index (κ2) is 7.44. The van der Waals surface area contributed by atoms with Crippen molar-refractivity contribution in [3.05, 3.63) is 30.5 Å². The Labute approximate surface area is 140 Å². The van der Waals surface area contributed by atoms with E-state index in [9.17, 15) is 14.7 Å². The van der Waals surface area contributed by atoms with E-state index in [4.69, 9.17) is 4.74 Å². The maximum absolute atomic E-state index is 12.8. The van der Waals surface area contributed by atoms with Gasteiger partial charge in [-0.1, -0.05) is 12.2 Å². The highest BCUT2D eigenvalue weighted by molar-refractivity contribution is 5.96. The van der Waals surface area contributed by atoms with Crippen LogP contribution in [0.5, 0.6) is 5.75 Å². The topological polar surface area (TPSA) is 91.8 Å². The average Bonchev–Trinajstić information content (AvgIpc) is 2.63. The fourth-order valence-corrected chi connectivity index (χ4v) is 3.10. The van der Waals surface area contributed by atoms with Crippen LogP contribution in [0.1, 0.15) is 12.8 Å². The van der Waals surface area contributed by atoms with Gasteiger partial charge in [0.1, 0.15) is 0 Å². The van der Waals surface area contributed by atoms with E-state index in [1.165, 1.54) is 12.3 Å². The van der Waals surface area contributed by atoms with Gasteiger partial charge in [0.2, 0.25) is 11.8 Å². The Morgan fingerprint density at radius 3 is 2.62 bits per heavy atom. The van der Waals surface area contributed by atoms with Gasteiger partial charge in [-0.15, -0.1) is 0 Å². The first kappa shape index (κ1) is 16.4. The van der Waals surface area contributed by atoms with Gasteiger partial charge in [0.25, 0.3) is 0 Å². The smallest absolute Gasteiger partial charge is 0.229 e. The molecule has 3 rings (SSSR count). The Morgan fingerprint density at radius 2 is 1.92 bits per heavy atom. The second-order valence-corrected chi connectivity index (χ2v) is 5.95. The zero-order chi connectivity index (χ0) is 16.9. The summed E-state index contributed by atoms with van der Waals surface area (Å²) in [4.78, 5) is 31.1. The van der Waals surface area contributed by atoms with Crippen molar-refractivity contribution in [3.8, 4) is 5.75 Å². The fourth-order valence-electron chi connectivity index (χ4n) is 3.10. The number of pyridine rings is 1. The summed E-state index contributed by atoms with van der Waals surface area (Å²) in [5.41, 5.74) is 0. The Bertz CT molecular complexity index is 640. The number of carbonyl (C=O) groups excluding carboxylic acids is 2. The van der Waals surface area contributed by atoms with Crippen molar-refractivity contribution in [2.45, 2.75) is 12.8 Å². The van der Waals surface area contributed by atoms with Crippen LogP contribution in [0.15, 0.2) is 30.5 Å². The lowest BCUT2D eigenvalue weighted by molar-refractivity contribution is -0.144. The standard InChI is InChI=1S/C17H21N3O4/c21-14-6-3-7-18-15(14)19-16(22)12-4-1-2-5-13(12)17(23)20-8-10-24-11-9-20/h1-3,6-7,12-13,21H,4-5,8-11H2,(H,18,19,22)/t12-,13+/m1/s1. The number of aromatic hydroxyl groups is 1. The molecule has 0 radical (unpaired) electrons. The molecule has 2 N–H and O–H groups in total. The Kier molecular flexibility index (Phi) is 5.10. The Balaban J connectivity index is 1.72. The second-order valence-electron chi connectivity index (χ2n) is 5.95. The molecule has 128 valence electrons.